The third-order valence-electron chi connectivity index (χ3n) is 3.65. The maximum Gasteiger partial charge on any atom is 0.189 e. The molecule has 2 heterocycles. The number of carbonyl (C=O) groups excluding carboxylic acids is 1. The predicted molar refractivity (Wildman–Crippen MR) is 101 cm³/mol. The molecule has 0 unspecified atom stereocenters. The van der Waals surface area contributed by atoms with Gasteiger partial charge in [-0.15, -0.1) is 0 Å². The normalized spacial score (nSPS) is 11.2. The quantitative estimate of drug-likeness (QED) is 0.433. The molecular weight excluding hydrogens is 375 g/mol. The fourth-order valence-electron chi connectivity index (χ4n) is 2.40. The van der Waals surface area contributed by atoms with E-state index in [-0.39, 0.29) is 12.4 Å². The lowest BCUT2D eigenvalue weighted by Gasteiger charge is -2.06. The van der Waals surface area contributed by atoms with Gasteiger partial charge < -0.3 is 9.15 Å². The van der Waals surface area contributed by atoms with Crippen molar-refractivity contribution >= 4 is 35.1 Å². The van der Waals surface area contributed by atoms with Gasteiger partial charge in [0.1, 0.15) is 28.9 Å². The Labute approximate surface area is 160 Å². The molecule has 2 aromatic heterocycles. The molecule has 0 aliphatic heterocycles. The van der Waals surface area contributed by atoms with Crippen molar-refractivity contribution in [2.45, 2.75) is 13.5 Å². The molecule has 3 rings (SSSR count). The van der Waals surface area contributed by atoms with Crippen LogP contribution in [0.5, 0.6) is 5.75 Å². The van der Waals surface area contributed by atoms with Crippen LogP contribution in [0.4, 0.5) is 0 Å². The van der Waals surface area contributed by atoms with Crippen molar-refractivity contribution in [1.29, 1.82) is 0 Å². The first-order valence-corrected chi connectivity index (χ1v) is 8.58. The van der Waals surface area contributed by atoms with E-state index in [9.17, 15) is 4.79 Å². The second kappa shape index (κ2) is 7.81. The second-order valence-electron chi connectivity index (χ2n) is 5.64. The first-order chi connectivity index (χ1) is 12.4. The van der Waals surface area contributed by atoms with Crippen molar-refractivity contribution in [2.24, 2.45) is 7.05 Å². The summed E-state index contributed by atoms with van der Waals surface area (Å²) >= 11 is 12.0. The number of halogens is 2. The van der Waals surface area contributed by atoms with Crippen LogP contribution < -0.4 is 4.74 Å². The smallest absolute Gasteiger partial charge is 0.189 e. The van der Waals surface area contributed by atoms with Crippen molar-refractivity contribution in [1.82, 2.24) is 9.78 Å². The molecule has 0 amide bonds. The maximum absolute atomic E-state index is 12.2. The molecule has 0 fully saturated rings. The van der Waals surface area contributed by atoms with Gasteiger partial charge in [0.25, 0.3) is 0 Å². The average Bonchev–Trinajstić information content (AvgIpc) is 3.20. The minimum atomic E-state index is -0.129. The highest BCUT2D eigenvalue weighted by Crippen LogP contribution is 2.32. The number of allylic oxidation sites excluding steroid dienone is 1. The Morgan fingerprint density at radius 1 is 1.31 bits per heavy atom. The van der Waals surface area contributed by atoms with Gasteiger partial charge in [-0.1, -0.05) is 29.3 Å². The fraction of sp³-hybridized carbons (Fsp3) is 0.158. The summed E-state index contributed by atoms with van der Waals surface area (Å²) < 4.78 is 12.9. The van der Waals surface area contributed by atoms with E-state index in [2.05, 4.69) is 5.10 Å². The third kappa shape index (κ3) is 4.18. The maximum atomic E-state index is 12.2. The zero-order chi connectivity index (χ0) is 18.7. The summed E-state index contributed by atoms with van der Waals surface area (Å²) in [5.74, 6) is 1.51. The van der Waals surface area contributed by atoms with Crippen LogP contribution in [0.15, 0.2) is 47.0 Å². The molecule has 7 heteroatoms. The van der Waals surface area contributed by atoms with E-state index in [1.807, 2.05) is 0 Å². The lowest BCUT2D eigenvalue weighted by molar-refractivity contribution is 0.104. The molecule has 0 spiro atoms. The van der Waals surface area contributed by atoms with E-state index in [4.69, 9.17) is 32.4 Å². The Morgan fingerprint density at radius 3 is 2.85 bits per heavy atom. The van der Waals surface area contributed by atoms with Gasteiger partial charge in [0.15, 0.2) is 5.78 Å². The van der Waals surface area contributed by atoms with Crippen LogP contribution in [-0.4, -0.2) is 15.6 Å². The molecule has 0 atom stereocenters. The highest BCUT2D eigenvalue weighted by Gasteiger charge is 2.10. The van der Waals surface area contributed by atoms with Crippen molar-refractivity contribution < 1.29 is 13.9 Å². The first kappa shape index (κ1) is 18.3. The van der Waals surface area contributed by atoms with E-state index in [1.165, 1.54) is 6.08 Å². The Kier molecular flexibility index (Phi) is 5.49. The van der Waals surface area contributed by atoms with Gasteiger partial charge in [-0.2, -0.15) is 5.10 Å². The minimum absolute atomic E-state index is 0.129. The Bertz CT molecular complexity index is 973. The van der Waals surface area contributed by atoms with Gasteiger partial charge in [-0.25, -0.2) is 0 Å². The molecule has 0 radical (unpaired) electrons. The zero-order valence-electron chi connectivity index (χ0n) is 14.2. The van der Waals surface area contributed by atoms with Crippen LogP contribution >= 0.6 is 23.2 Å². The van der Waals surface area contributed by atoms with E-state index in [1.54, 1.807) is 61.3 Å². The molecule has 3 aromatic rings. The van der Waals surface area contributed by atoms with Crippen LogP contribution in [0, 0.1) is 6.92 Å². The molecule has 0 N–H and O–H groups in total. The van der Waals surface area contributed by atoms with Gasteiger partial charge in [0, 0.05) is 13.2 Å². The fourth-order valence-corrected chi connectivity index (χ4v) is 2.74. The topological polar surface area (TPSA) is 57.3 Å². The van der Waals surface area contributed by atoms with Gasteiger partial charge in [-0.05, 0) is 43.3 Å². The SMILES string of the molecule is Cc1nn(C)cc1C(=O)C=Cc1ccc(COc2cccc(Cl)c2Cl)o1. The average molecular weight is 391 g/mol. The van der Waals surface area contributed by atoms with E-state index in [0.717, 1.165) is 0 Å². The number of ether oxygens (including phenoxy) is 1. The molecule has 0 aliphatic carbocycles. The number of furan rings is 1. The second-order valence-corrected chi connectivity index (χ2v) is 6.43. The van der Waals surface area contributed by atoms with Gasteiger partial charge in [0.2, 0.25) is 0 Å². The zero-order valence-corrected chi connectivity index (χ0v) is 15.7. The van der Waals surface area contributed by atoms with Crippen LogP contribution in [-0.2, 0) is 13.7 Å². The lowest BCUT2D eigenvalue weighted by Crippen LogP contribution is -1.95. The summed E-state index contributed by atoms with van der Waals surface area (Å²) in [5.41, 5.74) is 1.25. The van der Waals surface area contributed by atoms with E-state index >= 15 is 0 Å². The van der Waals surface area contributed by atoms with Crippen molar-refractivity contribution in [3.8, 4) is 5.75 Å². The van der Waals surface area contributed by atoms with Crippen LogP contribution in [0.2, 0.25) is 10.0 Å². The van der Waals surface area contributed by atoms with E-state index in [0.29, 0.717) is 38.6 Å². The summed E-state index contributed by atoms with van der Waals surface area (Å²) in [6.07, 6.45) is 4.77. The minimum Gasteiger partial charge on any atom is -0.484 e. The molecule has 134 valence electrons. The van der Waals surface area contributed by atoms with Gasteiger partial charge in [-0.3, -0.25) is 9.48 Å². The van der Waals surface area contributed by atoms with E-state index < -0.39 is 0 Å². The highest BCUT2D eigenvalue weighted by atomic mass is 35.5. The number of hydrogen-bond donors (Lipinski definition) is 0. The molecule has 0 bridgehead atoms. The van der Waals surface area contributed by atoms with Crippen molar-refractivity contribution in [3.63, 3.8) is 0 Å². The molecule has 0 saturated heterocycles. The Morgan fingerprint density at radius 2 is 2.12 bits per heavy atom. The number of carbonyl (C=O) groups is 1. The van der Waals surface area contributed by atoms with Crippen LogP contribution in [0.1, 0.15) is 27.6 Å². The van der Waals surface area contributed by atoms with Crippen molar-refractivity contribution in [3.05, 3.63) is 75.4 Å². The summed E-state index contributed by atoms with van der Waals surface area (Å²) in [6, 6.07) is 8.71. The molecule has 5 nitrogen and oxygen atoms in total. The largest absolute Gasteiger partial charge is 0.484 e. The number of rotatable bonds is 6. The Hall–Kier alpha value is -2.50. The Balaban J connectivity index is 1.63. The summed E-state index contributed by atoms with van der Waals surface area (Å²) in [7, 11) is 1.78. The summed E-state index contributed by atoms with van der Waals surface area (Å²) in [6.45, 7) is 1.99. The van der Waals surface area contributed by atoms with Crippen molar-refractivity contribution in [2.75, 3.05) is 0 Å². The number of nitrogens with zero attached hydrogens (tertiary/aromatic N) is 2. The summed E-state index contributed by atoms with van der Waals surface area (Å²) in [5, 5.41) is 4.95. The first-order valence-electron chi connectivity index (χ1n) is 7.82. The summed E-state index contributed by atoms with van der Waals surface area (Å²) in [4.78, 5) is 12.2. The van der Waals surface area contributed by atoms with Crippen LogP contribution in [0.3, 0.4) is 0 Å². The van der Waals surface area contributed by atoms with Gasteiger partial charge >= 0.3 is 0 Å². The number of aromatic nitrogens is 2. The standard InChI is InChI=1S/C19H16Cl2N2O3/c1-12-15(10-23(2)22-12)17(24)9-8-13-6-7-14(26-13)11-25-18-5-3-4-16(20)19(18)21/h3-10H,11H2,1-2H3. The predicted octanol–water partition coefficient (Wildman–Crippen LogP) is 5.10. The monoisotopic (exact) mass is 390 g/mol. The molecule has 0 saturated carbocycles. The van der Waals surface area contributed by atoms with Gasteiger partial charge in [0.05, 0.1) is 16.3 Å². The lowest BCUT2D eigenvalue weighted by atomic mass is 10.1. The molecular formula is C19H16Cl2N2O3. The number of hydrogen-bond acceptors (Lipinski definition) is 4. The molecule has 26 heavy (non-hydrogen) atoms. The highest BCUT2D eigenvalue weighted by molar-refractivity contribution is 6.42. The molecule has 1 aromatic carbocycles. The molecule has 0 aliphatic rings. The third-order valence-corrected chi connectivity index (χ3v) is 4.45. The number of ketones is 1. The van der Waals surface area contributed by atoms with Crippen LogP contribution in [0.25, 0.3) is 6.08 Å². The number of benzene rings is 1. The number of aryl methyl sites for hydroxylation is 2.